The predicted octanol–water partition coefficient (Wildman–Crippen LogP) is 3.26. The molecule has 0 spiro atoms. The molecule has 0 aliphatic heterocycles. The summed E-state index contributed by atoms with van der Waals surface area (Å²) in [6.07, 6.45) is 2.50. The van der Waals surface area contributed by atoms with Gasteiger partial charge >= 0.3 is 0 Å². The van der Waals surface area contributed by atoms with E-state index in [2.05, 4.69) is 6.58 Å². The molecule has 1 nitrogen and oxygen atoms in total. The lowest BCUT2D eigenvalue weighted by Gasteiger charge is -2.27. The van der Waals surface area contributed by atoms with E-state index in [-0.39, 0.29) is 5.82 Å². The van der Waals surface area contributed by atoms with Crippen molar-refractivity contribution >= 4 is 0 Å². The minimum Gasteiger partial charge on any atom is -0.373 e. The van der Waals surface area contributed by atoms with Crippen molar-refractivity contribution in [2.24, 2.45) is 0 Å². The monoisotopic (exact) mass is 194 g/mol. The lowest BCUT2D eigenvalue weighted by atomic mass is 9.92. The fraction of sp³-hybridized carbons (Fsp3) is 0.333. The SMILES string of the molecule is C=CCC(C)(OC)c1ccc(F)cc1. The highest BCUT2D eigenvalue weighted by Crippen LogP contribution is 2.28. The van der Waals surface area contributed by atoms with E-state index < -0.39 is 5.60 Å². The minimum atomic E-state index is -0.407. The van der Waals surface area contributed by atoms with Gasteiger partial charge in [-0.15, -0.1) is 6.58 Å². The molecule has 1 aromatic rings. The van der Waals surface area contributed by atoms with Crippen molar-refractivity contribution in [3.63, 3.8) is 0 Å². The molecule has 1 aromatic carbocycles. The van der Waals surface area contributed by atoms with E-state index in [0.717, 1.165) is 5.56 Å². The molecule has 0 heterocycles. The number of methoxy groups -OCH3 is 1. The lowest BCUT2D eigenvalue weighted by Crippen LogP contribution is -2.23. The van der Waals surface area contributed by atoms with Crippen LogP contribution in [0.2, 0.25) is 0 Å². The second-order valence-electron chi connectivity index (χ2n) is 3.43. The molecule has 0 amide bonds. The van der Waals surface area contributed by atoms with Crippen LogP contribution in [-0.4, -0.2) is 7.11 Å². The number of benzene rings is 1. The maximum Gasteiger partial charge on any atom is 0.123 e. The Hall–Kier alpha value is -1.15. The van der Waals surface area contributed by atoms with E-state index in [1.165, 1.54) is 12.1 Å². The van der Waals surface area contributed by atoms with Gasteiger partial charge in [0.25, 0.3) is 0 Å². The molecule has 0 aliphatic rings. The fourth-order valence-electron chi connectivity index (χ4n) is 1.40. The molecule has 0 bridgehead atoms. The summed E-state index contributed by atoms with van der Waals surface area (Å²) < 4.78 is 18.1. The average molecular weight is 194 g/mol. The number of hydrogen-bond donors (Lipinski definition) is 0. The molecule has 1 unspecified atom stereocenters. The summed E-state index contributed by atoms with van der Waals surface area (Å²) in [5.41, 5.74) is 0.552. The van der Waals surface area contributed by atoms with Crippen molar-refractivity contribution in [2.75, 3.05) is 7.11 Å². The van der Waals surface area contributed by atoms with Crippen molar-refractivity contribution in [1.82, 2.24) is 0 Å². The highest BCUT2D eigenvalue weighted by molar-refractivity contribution is 5.23. The van der Waals surface area contributed by atoms with Crippen LogP contribution in [0.3, 0.4) is 0 Å². The lowest BCUT2D eigenvalue weighted by molar-refractivity contribution is 0.00457. The van der Waals surface area contributed by atoms with Crippen LogP contribution in [0.25, 0.3) is 0 Å². The van der Waals surface area contributed by atoms with E-state index in [9.17, 15) is 4.39 Å². The van der Waals surface area contributed by atoms with Crippen LogP contribution in [0.5, 0.6) is 0 Å². The summed E-state index contributed by atoms with van der Waals surface area (Å²) in [5, 5.41) is 0. The first kappa shape index (κ1) is 10.9. The van der Waals surface area contributed by atoms with Crippen LogP contribution >= 0.6 is 0 Å². The van der Waals surface area contributed by atoms with Crippen molar-refractivity contribution in [2.45, 2.75) is 18.9 Å². The van der Waals surface area contributed by atoms with Gasteiger partial charge in [0.1, 0.15) is 5.82 Å². The van der Waals surface area contributed by atoms with Crippen LogP contribution in [0.4, 0.5) is 4.39 Å². The smallest absolute Gasteiger partial charge is 0.123 e. The maximum atomic E-state index is 12.7. The normalized spacial score (nSPS) is 14.8. The van der Waals surface area contributed by atoms with E-state index in [0.29, 0.717) is 6.42 Å². The zero-order valence-corrected chi connectivity index (χ0v) is 8.59. The summed E-state index contributed by atoms with van der Waals surface area (Å²) in [7, 11) is 1.65. The molecule has 76 valence electrons. The van der Waals surface area contributed by atoms with Gasteiger partial charge in [-0.25, -0.2) is 4.39 Å². The molecule has 1 atom stereocenters. The molecule has 0 aliphatic carbocycles. The molecule has 14 heavy (non-hydrogen) atoms. The number of rotatable bonds is 4. The van der Waals surface area contributed by atoms with Gasteiger partial charge in [0.05, 0.1) is 5.60 Å². The molecule has 0 N–H and O–H groups in total. The minimum absolute atomic E-state index is 0.231. The van der Waals surface area contributed by atoms with Gasteiger partial charge in [0, 0.05) is 7.11 Å². The quantitative estimate of drug-likeness (QED) is 0.668. The summed E-state index contributed by atoms with van der Waals surface area (Å²) >= 11 is 0. The Morgan fingerprint density at radius 1 is 1.43 bits per heavy atom. The van der Waals surface area contributed by atoms with Crippen LogP contribution in [0.1, 0.15) is 18.9 Å². The molecule has 0 saturated heterocycles. The molecule has 2 heteroatoms. The Kier molecular flexibility index (Phi) is 3.42. The molecule has 0 aromatic heterocycles. The third-order valence-electron chi connectivity index (χ3n) is 2.44. The third-order valence-corrected chi connectivity index (χ3v) is 2.44. The van der Waals surface area contributed by atoms with Crippen molar-refractivity contribution in [3.8, 4) is 0 Å². The van der Waals surface area contributed by atoms with Crippen LogP contribution in [-0.2, 0) is 10.3 Å². The van der Waals surface area contributed by atoms with E-state index in [1.54, 1.807) is 25.3 Å². The zero-order chi connectivity index (χ0) is 10.6. The summed E-state index contributed by atoms with van der Waals surface area (Å²) in [5.74, 6) is -0.231. The second kappa shape index (κ2) is 4.38. The molecular weight excluding hydrogens is 179 g/mol. The first-order valence-corrected chi connectivity index (χ1v) is 4.54. The van der Waals surface area contributed by atoms with Gasteiger partial charge in [0.2, 0.25) is 0 Å². The Labute approximate surface area is 84.2 Å². The maximum absolute atomic E-state index is 12.7. The van der Waals surface area contributed by atoms with Gasteiger partial charge in [0.15, 0.2) is 0 Å². The Balaban J connectivity index is 2.99. The Morgan fingerprint density at radius 2 is 2.00 bits per heavy atom. The van der Waals surface area contributed by atoms with Crippen molar-refractivity contribution in [3.05, 3.63) is 48.3 Å². The summed E-state index contributed by atoms with van der Waals surface area (Å²) in [6.45, 7) is 5.64. The van der Waals surface area contributed by atoms with E-state index in [4.69, 9.17) is 4.74 Å². The second-order valence-corrected chi connectivity index (χ2v) is 3.43. The van der Waals surface area contributed by atoms with Gasteiger partial charge < -0.3 is 4.74 Å². The largest absolute Gasteiger partial charge is 0.373 e. The van der Waals surface area contributed by atoms with E-state index in [1.807, 2.05) is 6.92 Å². The Bertz CT molecular complexity index is 305. The first-order valence-electron chi connectivity index (χ1n) is 4.54. The van der Waals surface area contributed by atoms with Crippen molar-refractivity contribution < 1.29 is 9.13 Å². The molecule has 1 rings (SSSR count). The van der Waals surface area contributed by atoms with Gasteiger partial charge in [-0.3, -0.25) is 0 Å². The number of hydrogen-bond acceptors (Lipinski definition) is 1. The van der Waals surface area contributed by atoms with Crippen LogP contribution < -0.4 is 0 Å². The molecular formula is C12H15FO. The molecule has 0 saturated carbocycles. The predicted molar refractivity (Wildman–Crippen MR) is 55.6 cm³/mol. The third kappa shape index (κ3) is 2.20. The summed E-state index contributed by atoms with van der Waals surface area (Å²) in [4.78, 5) is 0. The molecule has 0 fully saturated rings. The highest BCUT2D eigenvalue weighted by Gasteiger charge is 2.24. The molecule has 0 radical (unpaired) electrons. The van der Waals surface area contributed by atoms with Gasteiger partial charge in [-0.05, 0) is 31.0 Å². The standard InChI is InChI=1S/C12H15FO/c1-4-9-12(2,14-3)10-5-7-11(13)8-6-10/h4-8H,1,9H2,2-3H3. The average Bonchev–Trinajstić information content (AvgIpc) is 2.19. The van der Waals surface area contributed by atoms with Gasteiger partial charge in [-0.2, -0.15) is 0 Å². The van der Waals surface area contributed by atoms with Crippen LogP contribution in [0, 0.1) is 5.82 Å². The van der Waals surface area contributed by atoms with Gasteiger partial charge in [-0.1, -0.05) is 18.2 Å². The topological polar surface area (TPSA) is 9.23 Å². The fourth-order valence-corrected chi connectivity index (χ4v) is 1.40. The first-order chi connectivity index (χ1) is 6.62. The Morgan fingerprint density at radius 3 is 2.43 bits per heavy atom. The van der Waals surface area contributed by atoms with Crippen molar-refractivity contribution in [1.29, 1.82) is 0 Å². The summed E-state index contributed by atoms with van der Waals surface area (Å²) in [6, 6.07) is 6.36. The van der Waals surface area contributed by atoms with Crippen LogP contribution in [0.15, 0.2) is 36.9 Å². The highest BCUT2D eigenvalue weighted by atomic mass is 19.1. The van der Waals surface area contributed by atoms with E-state index >= 15 is 0 Å². The zero-order valence-electron chi connectivity index (χ0n) is 8.59. The number of ether oxygens (including phenoxy) is 1. The number of halogens is 1.